The van der Waals surface area contributed by atoms with Gasteiger partial charge in [0.05, 0.1) is 12.2 Å². The third kappa shape index (κ3) is 3.97. The highest BCUT2D eigenvalue weighted by molar-refractivity contribution is 5.78. The molecular formula is C16H23NO3. The molecule has 2 rings (SSSR count). The molecule has 0 bridgehead atoms. The number of ether oxygens (including phenoxy) is 2. The molecule has 1 aliphatic heterocycles. The summed E-state index contributed by atoms with van der Waals surface area (Å²) in [6, 6.07) is 7.88. The molecule has 0 spiro atoms. The van der Waals surface area contributed by atoms with Gasteiger partial charge in [-0.05, 0) is 38.0 Å². The van der Waals surface area contributed by atoms with Gasteiger partial charge >= 0.3 is 0 Å². The van der Waals surface area contributed by atoms with Gasteiger partial charge in [0.1, 0.15) is 5.75 Å². The van der Waals surface area contributed by atoms with Gasteiger partial charge in [-0.1, -0.05) is 19.1 Å². The Labute approximate surface area is 120 Å². The van der Waals surface area contributed by atoms with Gasteiger partial charge in [-0.15, -0.1) is 0 Å². The lowest BCUT2D eigenvalue weighted by Gasteiger charge is -2.35. The van der Waals surface area contributed by atoms with E-state index in [1.165, 1.54) is 5.56 Å². The molecule has 1 saturated heterocycles. The molecule has 4 nitrogen and oxygen atoms in total. The lowest BCUT2D eigenvalue weighted by molar-refractivity contribution is -0.145. The molecule has 2 atom stereocenters. The highest BCUT2D eigenvalue weighted by Gasteiger charge is 2.25. The van der Waals surface area contributed by atoms with Crippen LogP contribution in [0.5, 0.6) is 5.75 Å². The summed E-state index contributed by atoms with van der Waals surface area (Å²) < 4.78 is 11.2. The van der Waals surface area contributed by atoms with E-state index in [0.717, 1.165) is 12.2 Å². The molecule has 0 N–H and O–H groups in total. The fourth-order valence-electron chi connectivity index (χ4n) is 2.44. The maximum Gasteiger partial charge on any atom is 0.260 e. The first kappa shape index (κ1) is 14.9. The Hall–Kier alpha value is -1.55. The molecule has 1 aromatic carbocycles. The summed E-state index contributed by atoms with van der Waals surface area (Å²) in [5.41, 5.74) is 1.26. The lowest BCUT2D eigenvalue weighted by atomic mass is 10.2. The van der Waals surface area contributed by atoms with Gasteiger partial charge in [0.15, 0.2) is 6.61 Å². The van der Waals surface area contributed by atoms with Crippen molar-refractivity contribution < 1.29 is 14.3 Å². The normalized spacial score (nSPS) is 22.6. The minimum Gasteiger partial charge on any atom is -0.484 e. The third-order valence-corrected chi connectivity index (χ3v) is 3.47. The van der Waals surface area contributed by atoms with E-state index in [9.17, 15) is 4.79 Å². The standard InChI is InChI=1S/C16H23NO3/c1-4-14-5-7-15(8-6-14)19-11-16(18)17-9-12(2)20-13(3)10-17/h5-8,12-13H,4,9-11H2,1-3H3/t12-,13+. The van der Waals surface area contributed by atoms with Crippen LogP contribution < -0.4 is 4.74 Å². The summed E-state index contributed by atoms with van der Waals surface area (Å²) in [4.78, 5) is 13.9. The largest absolute Gasteiger partial charge is 0.484 e. The maximum atomic E-state index is 12.1. The zero-order valence-electron chi connectivity index (χ0n) is 12.5. The number of morpholine rings is 1. The lowest BCUT2D eigenvalue weighted by Crippen LogP contribution is -2.49. The van der Waals surface area contributed by atoms with E-state index in [1.807, 2.05) is 43.0 Å². The Kier molecular flexibility index (Phi) is 5.01. The first-order chi connectivity index (χ1) is 9.58. The maximum absolute atomic E-state index is 12.1. The van der Waals surface area contributed by atoms with Crippen molar-refractivity contribution >= 4 is 5.91 Å². The Balaban J connectivity index is 1.84. The van der Waals surface area contributed by atoms with E-state index in [1.54, 1.807) is 0 Å². The van der Waals surface area contributed by atoms with Crippen molar-refractivity contribution in [1.29, 1.82) is 0 Å². The second-order valence-corrected chi connectivity index (χ2v) is 5.34. The van der Waals surface area contributed by atoms with Gasteiger partial charge in [-0.25, -0.2) is 0 Å². The number of benzene rings is 1. The number of nitrogens with zero attached hydrogens (tertiary/aromatic N) is 1. The fraction of sp³-hybridized carbons (Fsp3) is 0.562. The average molecular weight is 277 g/mol. The van der Waals surface area contributed by atoms with Crippen molar-refractivity contribution in [2.75, 3.05) is 19.7 Å². The molecule has 0 saturated carbocycles. The van der Waals surface area contributed by atoms with Gasteiger partial charge in [-0.2, -0.15) is 0 Å². The first-order valence-corrected chi connectivity index (χ1v) is 7.23. The number of hydrogen-bond acceptors (Lipinski definition) is 3. The molecule has 0 unspecified atom stereocenters. The Morgan fingerprint density at radius 3 is 2.40 bits per heavy atom. The molecule has 110 valence electrons. The van der Waals surface area contributed by atoms with Crippen LogP contribution in [0.25, 0.3) is 0 Å². The van der Waals surface area contributed by atoms with E-state index >= 15 is 0 Å². The van der Waals surface area contributed by atoms with E-state index in [2.05, 4.69) is 6.92 Å². The van der Waals surface area contributed by atoms with Crippen LogP contribution in [0.15, 0.2) is 24.3 Å². The molecule has 1 amide bonds. The van der Waals surface area contributed by atoms with Crippen molar-refractivity contribution in [2.24, 2.45) is 0 Å². The first-order valence-electron chi connectivity index (χ1n) is 7.23. The Bertz CT molecular complexity index is 434. The average Bonchev–Trinajstić information content (AvgIpc) is 2.44. The molecule has 0 radical (unpaired) electrons. The SMILES string of the molecule is CCc1ccc(OCC(=O)N2C[C@@H](C)O[C@@H](C)C2)cc1. The highest BCUT2D eigenvalue weighted by atomic mass is 16.5. The zero-order chi connectivity index (χ0) is 14.5. The van der Waals surface area contributed by atoms with Crippen LogP contribution >= 0.6 is 0 Å². The van der Waals surface area contributed by atoms with Gasteiger partial charge in [0.2, 0.25) is 0 Å². The Morgan fingerprint density at radius 1 is 1.25 bits per heavy atom. The predicted octanol–water partition coefficient (Wildman–Crippen LogP) is 2.26. The molecular weight excluding hydrogens is 254 g/mol. The highest BCUT2D eigenvalue weighted by Crippen LogP contribution is 2.14. The fourth-order valence-corrected chi connectivity index (χ4v) is 2.44. The summed E-state index contributed by atoms with van der Waals surface area (Å²) in [5.74, 6) is 0.761. The molecule has 1 aromatic rings. The van der Waals surface area contributed by atoms with Crippen LogP contribution in [-0.2, 0) is 16.0 Å². The number of hydrogen-bond donors (Lipinski definition) is 0. The van der Waals surface area contributed by atoms with E-state index in [0.29, 0.717) is 13.1 Å². The molecule has 0 aromatic heterocycles. The monoisotopic (exact) mass is 277 g/mol. The zero-order valence-corrected chi connectivity index (χ0v) is 12.5. The van der Waals surface area contributed by atoms with Crippen molar-refractivity contribution in [3.05, 3.63) is 29.8 Å². The number of carbonyl (C=O) groups is 1. The van der Waals surface area contributed by atoms with Crippen molar-refractivity contribution in [3.63, 3.8) is 0 Å². The van der Waals surface area contributed by atoms with Crippen LogP contribution in [0.1, 0.15) is 26.3 Å². The van der Waals surface area contributed by atoms with Crippen LogP contribution in [-0.4, -0.2) is 42.7 Å². The summed E-state index contributed by atoms with van der Waals surface area (Å²) >= 11 is 0. The smallest absolute Gasteiger partial charge is 0.260 e. The third-order valence-electron chi connectivity index (χ3n) is 3.47. The van der Waals surface area contributed by atoms with Crippen molar-refractivity contribution in [2.45, 2.75) is 39.4 Å². The second-order valence-electron chi connectivity index (χ2n) is 5.34. The molecule has 1 heterocycles. The summed E-state index contributed by atoms with van der Waals surface area (Å²) in [6.07, 6.45) is 1.18. The van der Waals surface area contributed by atoms with Gasteiger partial charge in [-0.3, -0.25) is 4.79 Å². The quantitative estimate of drug-likeness (QED) is 0.847. The van der Waals surface area contributed by atoms with Gasteiger partial charge in [0.25, 0.3) is 5.91 Å². The number of rotatable bonds is 4. The van der Waals surface area contributed by atoms with E-state index < -0.39 is 0 Å². The summed E-state index contributed by atoms with van der Waals surface area (Å²) in [6.45, 7) is 7.45. The number of carbonyl (C=O) groups excluding carboxylic acids is 1. The second kappa shape index (κ2) is 6.75. The molecule has 1 fully saturated rings. The topological polar surface area (TPSA) is 38.8 Å². The van der Waals surface area contributed by atoms with Crippen molar-refractivity contribution in [3.8, 4) is 5.75 Å². The number of amides is 1. The summed E-state index contributed by atoms with van der Waals surface area (Å²) in [7, 11) is 0. The van der Waals surface area contributed by atoms with E-state index in [-0.39, 0.29) is 24.7 Å². The van der Waals surface area contributed by atoms with Crippen LogP contribution in [0.4, 0.5) is 0 Å². The van der Waals surface area contributed by atoms with Crippen molar-refractivity contribution in [1.82, 2.24) is 4.90 Å². The van der Waals surface area contributed by atoms with Crippen LogP contribution in [0, 0.1) is 0 Å². The predicted molar refractivity (Wildman–Crippen MR) is 77.9 cm³/mol. The molecule has 0 aliphatic carbocycles. The Morgan fingerprint density at radius 2 is 1.85 bits per heavy atom. The molecule has 20 heavy (non-hydrogen) atoms. The minimum atomic E-state index is 0.0200. The number of aryl methyl sites for hydroxylation is 1. The van der Waals surface area contributed by atoms with Crippen LogP contribution in [0.3, 0.4) is 0 Å². The van der Waals surface area contributed by atoms with Gasteiger partial charge in [0, 0.05) is 13.1 Å². The molecule has 1 aliphatic rings. The van der Waals surface area contributed by atoms with E-state index in [4.69, 9.17) is 9.47 Å². The molecule has 4 heteroatoms. The van der Waals surface area contributed by atoms with Crippen LogP contribution in [0.2, 0.25) is 0 Å². The summed E-state index contributed by atoms with van der Waals surface area (Å²) in [5, 5.41) is 0. The minimum absolute atomic E-state index is 0.0200. The van der Waals surface area contributed by atoms with Gasteiger partial charge < -0.3 is 14.4 Å².